The predicted molar refractivity (Wildman–Crippen MR) is 97.5 cm³/mol. The molecule has 1 aromatic carbocycles. The number of ether oxygens (including phenoxy) is 2. The number of methoxy groups -OCH3 is 2. The molecule has 0 heterocycles. The number of hydrogen-bond acceptors (Lipinski definition) is 5. The molecule has 0 atom stereocenters. The summed E-state index contributed by atoms with van der Waals surface area (Å²) in [4.78, 5) is 17.2. The Bertz CT molecular complexity index is 729. The summed E-state index contributed by atoms with van der Waals surface area (Å²) in [6.45, 7) is 2.40. The van der Waals surface area contributed by atoms with Crippen LogP contribution < -0.4 is 0 Å². The Kier molecular flexibility index (Phi) is 7.01. The first-order chi connectivity index (χ1) is 12.2. The molecule has 0 saturated heterocycles. The summed E-state index contributed by atoms with van der Waals surface area (Å²) in [6.07, 6.45) is 9.34. The van der Waals surface area contributed by atoms with Crippen LogP contribution in [0, 0.1) is 0 Å². The van der Waals surface area contributed by atoms with Gasteiger partial charge >= 0.3 is 5.97 Å². The van der Waals surface area contributed by atoms with Crippen LogP contribution in [0.2, 0.25) is 0 Å². The van der Waals surface area contributed by atoms with E-state index < -0.39 is 0 Å². The van der Waals surface area contributed by atoms with Gasteiger partial charge in [-0.2, -0.15) is 0 Å². The fraction of sp³-hybridized carbons (Fsp3) is 0.300. The van der Waals surface area contributed by atoms with Crippen LogP contribution in [0.1, 0.15) is 35.7 Å². The Morgan fingerprint density at radius 3 is 2.72 bits per heavy atom. The number of allylic oxidation sites excluding steroid dienone is 4. The minimum Gasteiger partial charge on any atom is -0.497 e. The number of benzene rings is 1. The summed E-state index contributed by atoms with van der Waals surface area (Å²) in [5, 5.41) is 4.25. The molecule has 1 aliphatic rings. The summed E-state index contributed by atoms with van der Waals surface area (Å²) in [7, 11) is 3.01. The second kappa shape index (κ2) is 9.47. The van der Waals surface area contributed by atoms with Gasteiger partial charge in [0.1, 0.15) is 12.4 Å². The van der Waals surface area contributed by atoms with Crippen molar-refractivity contribution in [1.29, 1.82) is 0 Å². The van der Waals surface area contributed by atoms with Crippen molar-refractivity contribution in [3.05, 3.63) is 71.0 Å². The number of rotatable bonds is 7. The second-order valence-corrected chi connectivity index (χ2v) is 5.44. The maximum absolute atomic E-state index is 11.7. The molecule has 0 unspecified atom stereocenters. The summed E-state index contributed by atoms with van der Waals surface area (Å²) in [5.74, 6) is 0.446. The Hall–Kier alpha value is -2.82. The molecule has 0 aliphatic heterocycles. The molecule has 0 N–H and O–H groups in total. The lowest BCUT2D eigenvalue weighted by molar-refractivity contribution is 0.0600. The quantitative estimate of drug-likeness (QED) is 0.427. The number of nitrogens with zero attached hydrogens (tertiary/aromatic N) is 1. The van der Waals surface area contributed by atoms with Crippen molar-refractivity contribution in [3.8, 4) is 0 Å². The van der Waals surface area contributed by atoms with Gasteiger partial charge in [0.2, 0.25) is 0 Å². The van der Waals surface area contributed by atoms with Crippen molar-refractivity contribution in [2.45, 2.75) is 19.8 Å². The van der Waals surface area contributed by atoms with Gasteiger partial charge in [0.15, 0.2) is 0 Å². The van der Waals surface area contributed by atoms with Crippen LogP contribution in [-0.2, 0) is 14.3 Å². The molecular weight excluding hydrogens is 318 g/mol. The lowest BCUT2D eigenvalue weighted by atomic mass is 10.1. The number of esters is 1. The van der Waals surface area contributed by atoms with E-state index in [0.717, 1.165) is 29.0 Å². The largest absolute Gasteiger partial charge is 0.497 e. The molecule has 0 bridgehead atoms. The second-order valence-electron chi connectivity index (χ2n) is 5.44. The van der Waals surface area contributed by atoms with Gasteiger partial charge in [-0.1, -0.05) is 36.4 Å². The smallest absolute Gasteiger partial charge is 0.337 e. The summed E-state index contributed by atoms with van der Waals surface area (Å²) >= 11 is 0. The van der Waals surface area contributed by atoms with E-state index in [1.807, 2.05) is 43.4 Å². The van der Waals surface area contributed by atoms with Gasteiger partial charge < -0.3 is 14.3 Å². The van der Waals surface area contributed by atoms with Crippen molar-refractivity contribution < 1.29 is 19.1 Å². The molecule has 0 saturated carbocycles. The number of oxime groups is 1. The number of carbonyl (C=O) groups is 1. The number of carbonyl (C=O) groups excluding carboxylic acids is 1. The Balaban J connectivity index is 2.06. The zero-order chi connectivity index (χ0) is 18.1. The van der Waals surface area contributed by atoms with E-state index in [-0.39, 0.29) is 5.97 Å². The molecule has 0 radical (unpaired) electrons. The molecule has 2 rings (SSSR count). The van der Waals surface area contributed by atoms with Crippen molar-refractivity contribution in [1.82, 2.24) is 0 Å². The molecule has 0 spiro atoms. The zero-order valence-electron chi connectivity index (χ0n) is 14.8. The van der Waals surface area contributed by atoms with Crippen LogP contribution in [-0.4, -0.2) is 32.5 Å². The molecule has 1 aliphatic carbocycles. The van der Waals surface area contributed by atoms with Gasteiger partial charge in [0.05, 0.1) is 25.5 Å². The summed E-state index contributed by atoms with van der Waals surface area (Å²) < 4.78 is 9.96. The minimum atomic E-state index is -0.366. The maximum Gasteiger partial charge on any atom is 0.337 e. The average Bonchev–Trinajstić information content (AvgIpc) is 2.90. The van der Waals surface area contributed by atoms with Crippen molar-refractivity contribution in [2.75, 3.05) is 20.8 Å². The van der Waals surface area contributed by atoms with E-state index >= 15 is 0 Å². The standard InChI is InChI=1S/C20H23NO4/c1-4-19(16-8-6-9-17(13-16)20(22)24-3)21-25-14-15-7-5-10-18(23-2)12-11-15/h5-6,8-13H,4,7,14H2,1-3H3/b21-19+. The average molecular weight is 341 g/mol. The highest BCUT2D eigenvalue weighted by atomic mass is 16.6. The summed E-state index contributed by atoms with van der Waals surface area (Å²) in [5.41, 5.74) is 3.23. The fourth-order valence-corrected chi connectivity index (χ4v) is 2.35. The highest BCUT2D eigenvalue weighted by molar-refractivity contribution is 6.02. The lowest BCUT2D eigenvalue weighted by Crippen LogP contribution is -2.06. The van der Waals surface area contributed by atoms with Crippen LogP contribution >= 0.6 is 0 Å². The predicted octanol–water partition coefficient (Wildman–Crippen LogP) is 4.02. The van der Waals surface area contributed by atoms with Gasteiger partial charge in [-0.05, 0) is 42.7 Å². The van der Waals surface area contributed by atoms with E-state index in [1.165, 1.54) is 7.11 Å². The molecule has 25 heavy (non-hydrogen) atoms. The third-order valence-corrected chi connectivity index (χ3v) is 3.76. The SMILES string of the molecule is CC/C(=N\OCC1=CC=C(OC)C=CC1)c1cccc(C(=O)OC)c1. The van der Waals surface area contributed by atoms with E-state index in [2.05, 4.69) is 5.16 Å². The highest BCUT2D eigenvalue weighted by Crippen LogP contribution is 2.14. The molecule has 5 nitrogen and oxygen atoms in total. The van der Waals surface area contributed by atoms with Crippen LogP contribution in [0.3, 0.4) is 0 Å². The molecule has 0 amide bonds. The first-order valence-corrected chi connectivity index (χ1v) is 8.15. The van der Waals surface area contributed by atoms with Crippen molar-refractivity contribution in [2.24, 2.45) is 5.16 Å². The van der Waals surface area contributed by atoms with Crippen LogP contribution in [0.15, 0.2) is 65.1 Å². The third-order valence-electron chi connectivity index (χ3n) is 3.76. The van der Waals surface area contributed by atoms with Gasteiger partial charge in [-0.3, -0.25) is 0 Å². The van der Waals surface area contributed by atoms with E-state index in [9.17, 15) is 4.79 Å². The normalized spacial score (nSPS) is 14.3. The van der Waals surface area contributed by atoms with Crippen molar-refractivity contribution in [3.63, 3.8) is 0 Å². The Labute approximate surface area is 148 Å². The van der Waals surface area contributed by atoms with Crippen LogP contribution in [0.25, 0.3) is 0 Å². The third kappa shape index (κ3) is 5.35. The van der Waals surface area contributed by atoms with Gasteiger partial charge in [-0.25, -0.2) is 4.79 Å². The van der Waals surface area contributed by atoms with Gasteiger partial charge in [0, 0.05) is 5.56 Å². The molecule has 5 heteroatoms. The first kappa shape index (κ1) is 18.5. The molecular formula is C20H23NO4. The number of hydrogen-bond donors (Lipinski definition) is 0. The van der Waals surface area contributed by atoms with Crippen LogP contribution in [0.4, 0.5) is 0 Å². The Morgan fingerprint density at radius 1 is 1.20 bits per heavy atom. The van der Waals surface area contributed by atoms with E-state index in [4.69, 9.17) is 14.3 Å². The maximum atomic E-state index is 11.7. The minimum absolute atomic E-state index is 0.366. The Morgan fingerprint density at radius 2 is 2.00 bits per heavy atom. The molecule has 132 valence electrons. The fourth-order valence-electron chi connectivity index (χ4n) is 2.35. The molecule has 0 aromatic heterocycles. The molecule has 0 fully saturated rings. The monoisotopic (exact) mass is 341 g/mol. The van der Waals surface area contributed by atoms with Crippen LogP contribution in [0.5, 0.6) is 0 Å². The topological polar surface area (TPSA) is 57.1 Å². The van der Waals surface area contributed by atoms with E-state index in [0.29, 0.717) is 18.6 Å². The lowest BCUT2D eigenvalue weighted by Gasteiger charge is -2.07. The van der Waals surface area contributed by atoms with E-state index in [1.54, 1.807) is 19.2 Å². The zero-order valence-corrected chi connectivity index (χ0v) is 14.8. The first-order valence-electron chi connectivity index (χ1n) is 8.15. The molecule has 1 aromatic rings. The van der Waals surface area contributed by atoms with Gasteiger partial charge in [0.25, 0.3) is 0 Å². The highest BCUT2D eigenvalue weighted by Gasteiger charge is 2.09. The van der Waals surface area contributed by atoms with Gasteiger partial charge in [-0.15, -0.1) is 0 Å². The van der Waals surface area contributed by atoms with Crippen molar-refractivity contribution >= 4 is 11.7 Å². The summed E-state index contributed by atoms with van der Waals surface area (Å²) in [6, 6.07) is 7.19.